The topological polar surface area (TPSA) is 113 Å². The average molecular weight is 354 g/mol. The van der Waals surface area contributed by atoms with Crippen LogP contribution in [0.3, 0.4) is 0 Å². The minimum Gasteiger partial charge on any atom is -0.465 e. The van der Waals surface area contributed by atoms with Crippen molar-refractivity contribution in [1.82, 2.24) is 10.6 Å². The number of carbonyl (C=O) groups excluding carboxylic acids is 1. The lowest BCUT2D eigenvalue weighted by Gasteiger charge is -2.04. The van der Waals surface area contributed by atoms with Gasteiger partial charge in [0.1, 0.15) is 4.21 Å². The normalized spacial score (nSPS) is 11.0. The fourth-order valence-corrected chi connectivity index (χ4v) is 4.57. The van der Waals surface area contributed by atoms with Crippen LogP contribution in [-0.2, 0) is 16.4 Å². The molecule has 1 aromatic carbocycles. The summed E-state index contributed by atoms with van der Waals surface area (Å²) in [5.41, 5.74) is 0.248. The predicted molar refractivity (Wildman–Crippen MR) is 84.5 cm³/mol. The Hall–Kier alpha value is -2.39. The first-order valence-electron chi connectivity index (χ1n) is 6.47. The number of amides is 2. The molecule has 0 bridgehead atoms. The minimum atomic E-state index is -3.76. The minimum absolute atomic E-state index is 0.0122. The van der Waals surface area contributed by atoms with E-state index >= 15 is 0 Å². The second kappa shape index (κ2) is 6.80. The van der Waals surface area contributed by atoms with Crippen LogP contribution in [0.5, 0.6) is 0 Å². The fraction of sp³-hybridized carbons (Fsp3) is 0.143. The van der Waals surface area contributed by atoms with Gasteiger partial charge in [0, 0.05) is 17.5 Å². The third-order valence-corrected chi connectivity index (χ3v) is 6.28. The molecule has 2 rings (SSSR count). The number of hydrogen-bond donors (Lipinski definition) is 3. The Morgan fingerprint density at radius 1 is 1.22 bits per heavy atom. The molecule has 1 aromatic heterocycles. The Kier molecular flexibility index (Phi) is 5.02. The van der Waals surface area contributed by atoms with Crippen LogP contribution in [0.1, 0.15) is 15.2 Å². The number of benzene rings is 1. The second-order valence-corrected chi connectivity index (χ2v) is 7.83. The standard InChI is InChI=1S/C14H14N2O5S2/c1-15-13(17)9-3-2-4-11(7-9)23(20,21)12-6-5-10(22-12)8-16-14(18)19/h2-7,16H,8H2,1H3,(H,15,17)(H,18,19). The first-order chi connectivity index (χ1) is 10.8. The van der Waals surface area contributed by atoms with Gasteiger partial charge >= 0.3 is 6.09 Å². The van der Waals surface area contributed by atoms with E-state index in [2.05, 4.69) is 10.6 Å². The lowest BCUT2D eigenvalue weighted by atomic mass is 10.2. The second-order valence-electron chi connectivity index (χ2n) is 4.49. The Balaban J connectivity index is 2.31. The van der Waals surface area contributed by atoms with Crippen molar-refractivity contribution in [3.63, 3.8) is 0 Å². The van der Waals surface area contributed by atoms with Crippen molar-refractivity contribution < 1.29 is 23.1 Å². The van der Waals surface area contributed by atoms with Crippen molar-refractivity contribution in [2.24, 2.45) is 0 Å². The molecule has 2 amide bonds. The monoisotopic (exact) mass is 354 g/mol. The number of carbonyl (C=O) groups is 2. The van der Waals surface area contributed by atoms with Crippen molar-refractivity contribution in [2.75, 3.05) is 7.05 Å². The zero-order valence-corrected chi connectivity index (χ0v) is 13.7. The maximum atomic E-state index is 12.6. The zero-order valence-electron chi connectivity index (χ0n) is 12.1. The summed E-state index contributed by atoms with van der Waals surface area (Å²) in [6.45, 7) is 0.0355. The molecule has 0 saturated carbocycles. The highest BCUT2D eigenvalue weighted by Gasteiger charge is 2.21. The lowest BCUT2D eigenvalue weighted by Crippen LogP contribution is -2.19. The smallest absolute Gasteiger partial charge is 0.404 e. The van der Waals surface area contributed by atoms with Crippen molar-refractivity contribution in [1.29, 1.82) is 0 Å². The van der Waals surface area contributed by atoms with Crippen LogP contribution in [0.2, 0.25) is 0 Å². The van der Waals surface area contributed by atoms with Gasteiger partial charge in [0.2, 0.25) is 9.84 Å². The third-order valence-electron chi connectivity index (χ3n) is 2.95. The van der Waals surface area contributed by atoms with Gasteiger partial charge in [-0.3, -0.25) is 4.79 Å². The van der Waals surface area contributed by atoms with Crippen molar-refractivity contribution in [3.05, 3.63) is 46.8 Å². The molecular weight excluding hydrogens is 340 g/mol. The van der Waals surface area contributed by atoms with E-state index in [1.165, 1.54) is 37.4 Å². The summed E-state index contributed by atoms with van der Waals surface area (Å²) in [6, 6.07) is 8.72. The highest BCUT2D eigenvalue weighted by atomic mass is 32.2. The van der Waals surface area contributed by atoms with Gasteiger partial charge < -0.3 is 15.7 Å². The van der Waals surface area contributed by atoms with E-state index in [1.54, 1.807) is 6.07 Å². The number of rotatable bonds is 5. The summed E-state index contributed by atoms with van der Waals surface area (Å²) in [7, 11) is -2.29. The number of carboxylic acid groups (broad SMARTS) is 1. The van der Waals surface area contributed by atoms with Crippen LogP contribution in [0.15, 0.2) is 45.5 Å². The number of hydrogen-bond acceptors (Lipinski definition) is 5. The molecule has 1 heterocycles. The zero-order chi connectivity index (χ0) is 17.0. The molecule has 0 radical (unpaired) electrons. The summed E-state index contributed by atoms with van der Waals surface area (Å²) >= 11 is 0.982. The molecular formula is C14H14N2O5S2. The quantitative estimate of drug-likeness (QED) is 0.756. The van der Waals surface area contributed by atoms with Gasteiger partial charge in [-0.2, -0.15) is 0 Å². The van der Waals surface area contributed by atoms with E-state index in [9.17, 15) is 18.0 Å². The highest BCUT2D eigenvalue weighted by molar-refractivity contribution is 7.93. The molecule has 9 heteroatoms. The molecule has 0 atom stereocenters. The SMILES string of the molecule is CNC(=O)c1cccc(S(=O)(=O)c2ccc(CNC(=O)O)s2)c1. The van der Waals surface area contributed by atoms with E-state index in [0.29, 0.717) is 4.88 Å². The molecule has 122 valence electrons. The van der Waals surface area contributed by atoms with E-state index in [-0.39, 0.29) is 27.1 Å². The van der Waals surface area contributed by atoms with Crippen LogP contribution in [0, 0.1) is 0 Å². The Bertz CT molecular complexity index is 842. The van der Waals surface area contributed by atoms with Gasteiger partial charge in [0.05, 0.1) is 11.4 Å². The van der Waals surface area contributed by atoms with Crippen molar-refractivity contribution in [2.45, 2.75) is 15.6 Å². The lowest BCUT2D eigenvalue weighted by molar-refractivity contribution is 0.0963. The van der Waals surface area contributed by atoms with Crippen LogP contribution >= 0.6 is 11.3 Å². The van der Waals surface area contributed by atoms with Crippen LogP contribution in [0.25, 0.3) is 0 Å². The number of thiophene rings is 1. The molecule has 0 aliphatic rings. The first-order valence-corrected chi connectivity index (χ1v) is 8.77. The molecule has 0 saturated heterocycles. The summed E-state index contributed by atoms with van der Waals surface area (Å²) in [4.78, 5) is 22.7. The van der Waals surface area contributed by atoms with Gasteiger partial charge in [-0.15, -0.1) is 11.3 Å². The molecule has 3 N–H and O–H groups in total. The van der Waals surface area contributed by atoms with Gasteiger partial charge in [-0.05, 0) is 30.3 Å². The Morgan fingerprint density at radius 3 is 2.61 bits per heavy atom. The van der Waals surface area contributed by atoms with Crippen molar-refractivity contribution >= 4 is 33.2 Å². The molecule has 0 aliphatic heterocycles. The van der Waals surface area contributed by atoms with E-state index in [4.69, 9.17) is 5.11 Å². The van der Waals surface area contributed by atoms with Gasteiger partial charge in [0.15, 0.2) is 0 Å². The van der Waals surface area contributed by atoms with Gasteiger partial charge in [-0.25, -0.2) is 13.2 Å². The first kappa shape index (κ1) is 17.0. The van der Waals surface area contributed by atoms with Crippen molar-refractivity contribution in [3.8, 4) is 0 Å². The fourth-order valence-electron chi connectivity index (χ4n) is 1.83. The Labute approximate surface area is 136 Å². The van der Waals surface area contributed by atoms with Crippen LogP contribution in [-0.4, -0.2) is 32.6 Å². The molecule has 2 aromatic rings. The van der Waals surface area contributed by atoms with Crippen LogP contribution < -0.4 is 10.6 Å². The molecule has 0 fully saturated rings. The number of nitrogens with one attached hydrogen (secondary N) is 2. The van der Waals surface area contributed by atoms with Gasteiger partial charge in [-0.1, -0.05) is 6.07 Å². The summed E-state index contributed by atoms with van der Waals surface area (Å²) in [6.07, 6.45) is -1.18. The maximum absolute atomic E-state index is 12.6. The Morgan fingerprint density at radius 2 is 1.96 bits per heavy atom. The third kappa shape index (κ3) is 3.88. The molecule has 7 nitrogen and oxygen atoms in total. The molecule has 0 aliphatic carbocycles. The van der Waals surface area contributed by atoms with E-state index in [0.717, 1.165) is 11.3 Å². The van der Waals surface area contributed by atoms with E-state index < -0.39 is 15.9 Å². The van der Waals surface area contributed by atoms with Gasteiger partial charge in [0.25, 0.3) is 5.91 Å². The summed E-state index contributed by atoms with van der Waals surface area (Å²) in [5.74, 6) is -0.375. The molecule has 0 spiro atoms. The largest absolute Gasteiger partial charge is 0.465 e. The highest BCUT2D eigenvalue weighted by Crippen LogP contribution is 2.28. The van der Waals surface area contributed by atoms with Crippen LogP contribution in [0.4, 0.5) is 4.79 Å². The summed E-state index contributed by atoms with van der Waals surface area (Å²) < 4.78 is 25.3. The maximum Gasteiger partial charge on any atom is 0.404 e. The summed E-state index contributed by atoms with van der Waals surface area (Å²) in [5, 5.41) is 13.2. The molecule has 23 heavy (non-hydrogen) atoms. The number of sulfone groups is 1. The predicted octanol–water partition coefficient (Wildman–Crippen LogP) is 1.71. The average Bonchev–Trinajstić information content (AvgIpc) is 3.02. The molecule has 0 unspecified atom stereocenters. The van der Waals surface area contributed by atoms with E-state index in [1.807, 2.05) is 0 Å².